The highest BCUT2D eigenvalue weighted by molar-refractivity contribution is 6.35. The normalized spacial score (nSPS) is 11.9. The molecule has 102 valence electrons. The maximum Gasteiger partial charge on any atom is 0.0991 e. The highest BCUT2D eigenvalue weighted by Gasteiger charge is 2.09. The molecule has 0 aliphatic carbocycles. The van der Waals surface area contributed by atoms with Gasteiger partial charge in [0.2, 0.25) is 0 Å². The van der Waals surface area contributed by atoms with Crippen LogP contribution in [0.3, 0.4) is 0 Å². The molecule has 0 saturated carbocycles. The van der Waals surface area contributed by atoms with E-state index in [4.69, 9.17) is 28.5 Å². The Hall–Kier alpha value is -1.53. The molecule has 0 aliphatic heterocycles. The van der Waals surface area contributed by atoms with Gasteiger partial charge in [0.05, 0.1) is 11.6 Å². The van der Waals surface area contributed by atoms with Crippen molar-refractivity contribution in [2.75, 3.05) is 0 Å². The van der Waals surface area contributed by atoms with Crippen LogP contribution < -0.4 is 5.32 Å². The molecule has 0 aliphatic rings. The Morgan fingerprint density at radius 3 is 2.70 bits per heavy atom. The van der Waals surface area contributed by atoms with Crippen molar-refractivity contribution in [2.45, 2.75) is 19.5 Å². The molecule has 0 bridgehead atoms. The summed E-state index contributed by atoms with van der Waals surface area (Å²) in [4.78, 5) is 0. The van der Waals surface area contributed by atoms with Gasteiger partial charge in [-0.3, -0.25) is 0 Å². The van der Waals surface area contributed by atoms with Crippen molar-refractivity contribution in [3.8, 4) is 6.07 Å². The van der Waals surface area contributed by atoms with Crippen molar-refractivity contribution < 1.29 is 0 Å². The zero-order valence-electron chi connectivity index (χ0n) is 11.0. The van der Waals surface area contributed by atoms with E-state index >= 15 is 0 Å². The molecule has 20 heavy (non-hydrogen) atoms. The summed E-state index contributed by atoms with van der Waals surface area (Å²) in [5.74, 6) is 0. The van der Waals surface area contributed by atoms with Gasteiger partial charge in [-0.05, 0) is 42.3 Å². The molecule has 4 heteroatoms. The van der Waals surface area contributed by atoms with E-state index in [2.05, 4.69) is 11.4 Å². The second-order valence-electron chi connectivity index (χ2n) is 4.58. The average Bonchev–Trinajstić information content (AvgIpc) is 2.45. The molecule has 0 heterocycles. The van der Waals surface area contributed by atoms with E-state index in [9.17, 15) is 0 Å². The fraction of sp³-hybridized carbons (Fsp3) is 0.188. The Balaban J connectivity index is 2.04. The second kappa shape index (κ2) is 6.76. The van der Waals surface area contributed by atoms with E-state index in [0.717, 1.165) is 11.1 Å². The molecule has 0 saturated heterocycles. The largest absolute Gasteiger partial charge is 0.306 e. The van der Waals surface area contributed by atoms with E-state index in [1.807, 2.05) is 37.3 Å². The Morgan fingerprint density at radius 2 is 2.00 bits per heavy atom. The smallest absolute Gasteiger partial charge is 0.0991 e. The van der Waals surface area contributed by atoms with Crippen LogP contribution in [0.1, 0.15) is 29.7 Å². The van der Waals surface area contributed by atoms with Gasteiger partial charge in [-0.15, -0.1) is 0 Å². The van der Waals surface area contributed by atoms with Crippen molar-refractivity contribution in [1.29, 1.82) is 5.26 Å². The van der Waals surface area contributed by atoms with Crippen LogP contribution in [0.4, 0.5) is 0 Å². The van der Waals surface area contributed by atoms with E-state index in [1.54, 1.807) is 12.1 Å². The predicted molar refractivity (Wildman–Crippen MR) is 82.9 cm³/mol. The van der Waals surface area contributed by atoms with E-state index in [0.29, 0.717) is 22.2 Å². The van der Waals surface area contributed by atoms with Gasteiger partial charge in [0.25, 0.3) is 0 Å². The van der Waals surface area contributed by atoms with Crippen LogP contribution in [-0.2, 0) is 6.54 Å². The number of nitrogens with zero attached hydrogens (tertiary/aromatic N) is 1. The van der Waals surface area contributed by atoms with Crippen LogP contribution in [0.15, 0.2) is 42.5 Å². The van der Waals surface area contributed by atoms with Gasteiger partial charge in [-0.1, -0.05) is 41.4 Å². The Labute approximate surface area is 128 Å². The van der Waals surface area contributed by atoms with Gasteiger partial charge in [0, 0.05) is 22.6 Å². The summed E-state index contributed by atoms with van der Waals surface area (Å²) in [5.41, 5.74) is 2.75. The highest BCUT2D eigenvalue weighted by Crippen LogP contribution is 2.26. The zero-order chi connectivity index (χ0) is 14.5. The fourth-order valence-corrected chi connectivity index (χ4v) is 2.56. The quantitative estimate of drug-likeness (QED) is 0.887. The van der Waals surface area contributed by atoms with Crippen molar-refractivity contribution >= 4 is 23.2 Å². The molecule has 0 radical (unpaired) electrons. The molecular formula is C16H14Cl2N2. The Bertz CT molecular complexity index is 647. The van der Waals surface area contributed by atoms with Gasteiger partial charge in [-0.2, -0.15) is 5.26 Å². The number of nitriles is 1. The molecular weight excluding hydrogens is 291 g/mol. The van der Waals surface area contributed by atoms with E-state index in [-0.39, 0.29) is 6.04 Å². The third-order valence-electron chi connectivity index (χ3n) is 3.10. The summed E-state index contributed by atoms with van der Waals surface area (Å²) in [6.07, 6.45) is 0. The lowest BCUT2D eigenvalue weighted by Gasteiger charge is -2.16. The first kappa shape index (κ1) is 14.9. The first-order valence-electron chi connectivity index (χ1n) is 6.27. The lowest BCUT2D eigenvalue weighted by Crippen LogP contribution is -2.18. The van der Waals surface area contributed by atoms with Crippen LogP contribution in [0.2, 0.25) is 10.0 Å². The van der Waals surface area contributed by atoms with Crippen LogP contribution in [0, 0.1) is 11.3 Å². The minimum Gasteiger partial charge on any atom is -0.306 e. The van der Waals surface area contributed by atoms with Crippen molar-refractivity contribution in [3.63, 3.8) is 0 Å². The number of rotatable bonds is 4. The number of hydrogen-bond donors (Lipinski definition) is 1. The minimum atomic E-state index is 0.102. The number of halogens is 2. The Kier molecular flexibility index (Phi) is 5.03. The topological polar surface area (TPSA) is 35.8 Å². The van der Waals surface area contributed by atoms with E-state index < -0.39 is 0 Å². The van der Waals surface area contributed by atoms with Crippen molar-refractivity contribution in [2.24, 2.45) is 0 Å². The standard InChI is InChI=1S/C16H14Cl2N2/c1-11(15-6-5-14(17)8-16(15)18)20-10-13-4-2-3-12(7-13)9-19/h2-8,11,20H,10H2,1H3. The highest BCUT2D eigenvalue weighted by atomic mass is 35.5. The van der Waals surface area contributed by atoms with Crippen LogP contribution in [0.5, 0.6) is 0 Å². The maximum absolute atomic E-state index is 8.88. The monoisotopic (exact) mass is 304 g/mol. The SMILES string of the molecule is CC(NCc1cccc(C#N)c1)c1ccc(Cl)cc1Cl. The third-order valence-corrected chi connectivity index (χ3v) is 3.66. The first-order valence-corrected chi connectivity index (χ1v) is 7.03. The zero-order valence-corrected chi connectivity index (χ0v) is 12.5. The number of nitrogens with one attached hydrogen (secondary N) is 1. The summed E-state index contributed by atoms with van der Waals surface area (Å²) in [7, 11) is 0. The molecule has 0 fully saturated rings. The summed E-state index contributed by atoms with van der Waals surface area (Å²) in [6.45, 7) is 2.72. The molecule has 1 unspecified atom stereocenters. The van der Waals surface area contributed by atoms with Gasteiger partial charge in [0.15, 0.2) is 0 Å². The lowest BCUT2D eigenvalue weighted by molar-refractivity contribution is 0.575. The molecule has 1 N–H and O–H groups in total. The van der Waals surface area contributed by atoms with Crippen molar-refractivity contribution in [3.05, 3.63) is 69.2 Å². The summed E-state index contributed by atoms with van der Waals surface area (Å²) in [5, 5.41) is 13.6. The van der Waals surface area contributed by atoms with Crippen molar-refractivity contribution in [1.82, 2.24) is 5.32 Å². The van der Waals surface area contributed by atoms with Gasteiger partial charge in [0.1, 0.15) is 0 Å². The number of benzene rings is 2. The molecule has 2 rings (SSSR count). The maximum atomic E-state index is 8.88. The minimum absolute atomic E-state index is 0.102. The summed E-state index contributed by atoms with van der Waals surface area (Å²) < 4.78 is 0. The molecule has 2 aromatic carbocycles. The van der Waals surface area contributed by atoms with E-state index in [1.165, 1.54) is 0 Å². The predicted octanol–water partition coefficient (Wildman–Crippen LogP) is 4.72. The third kappa shape index (κ3) is 3.74. The van der Waals surface area contributed by atoms with Gasteiger partial charge < -0.3 is 5.32 Å². The first-order chi connectivity index (χ1) is 9.60. The summed E-state index contributed by atoms with van der Waals surface area (Å²) in [6, 6.07) is 15.3. The molecule has 0 aromatic heterocycles. The lowest BCUT2D eigenvalue weighted by atomic mass is 10.1. The molecule has 0 spiro atoms. The average molecular weight is 305 g/mol. The van der Waals surface area contributed by atoms with Gasteiger partial charge in [-0.25, -0.2) is 0 Å². The fourth-order valence-electron chi connectivity index (χ4n) is 1.98. The van der Waals surface area contributed by atoms with Crippen LogP contribution in [0.25, 0.3) is 0 Å². The number of hydrogen-bond acceptors (Lipinski definition) is 2. The second-order valence-corrected chi connectivity index (χ2v) is 5.42. The molecule has 2 aromatic rings. The molecule has 0 amide bonds. The summed E-state index contributed by atoms with van der Waals surface area (Å²) >= 11 is 12.1. The van der Waals surface area contributed by atoms with Crippen LogP contribution >= 0.6 is 23.2 Å². The molecule has 2 nitrogen and oxygen atoms in total. The van der Waals surface area contributed by atoms with Gasteiger partial charge >= 0.3 is 0 Å². The van der Waals surface area contributed by atoms with Crippen LogP contribution in [-0.4, -0.2) is 0 Å². The Morgan fingerprint density at radius 1 is 1.20 bits per heavy atom. The molecule has 1 atom stereocenters.